The fraction of sp³-hybridized carbons (Fsp3) is 0.118. The van der Waals surface area contributed by atoms with Gasteiger partial charge in [0.15, 0.2) is 12.7 Å². The summed E-state index contributed by atoms with van der Waals surface area (Å²) in [5.41, 5.74) is 1.56. The number of hydrogen-bond acceptors (Lipinski definition) is 5. The van der Waals surface area contributed by atoms with E-state index in [-0.39, 0.29) is 0 Å². The van der Waals surface area contributed by atoms with E-state index in [1.807, 2.05) is 60.7 Å². The molecule has 6 nitrogen and oxygen atoms in total. The predicted octanol–water partition coefficient (Wildman–Crippen LogP) is 2.40. The fourth-order valence-corrected chi connectivity index (χ4v) is 1.94. The molecule has 2 rings (SSSR count). The summed E-state index contributed by atoms with van der Waals surface area (Å²) in [5, 5.41) is 15.5. The third-order valence-electron chi connectivity index (χ3n) is 2.98. The molecule has 0 bridgehead atoms. The molecule has 2 aromatic carbocycles. The number of benzene rings is 2. The summed E-state index contributed by atoms with van der Waals surface area (Å²) >= 11 is 0. The van der Waals surface area contributed by atoms with Crippen LogP contribution in [0.5, 0.6) is 0 Å². The van der Waals surface area contributed by atoms with Crippen molar-refractivity contribution in [2.24, 2.45) is 0 Å². The van der Waals surface area contributed by atoms with Crippen LogP contribution in [-0.4, -0.2) is 29.5 Å². The van der Waals surface area contributed by atoms with Crippen LogP contribution in [0, 0.1) is 5.41 Å². The normalized spacial score (nSPS) is 10.1. The van der Waals surface area contributed by atoms with Gasteiger partial charge in [0, 0.05) is 0 Å². The van der Waals surface area contributed by atoms with Gasteiger partial charge in [-0.05, 0) is 11.1 Å². The highest BCUT2D eigenvalue weighted by Gasteiger charge is 2.20. The van der Waals surface area contributed by atoms with Crippen LogP contribution in [0.25, 0.3) is 0 Å². The first-order chi connectivity index (χ1) is 11.1. The Morgan fingerprint density at radius 3 is 1.87 bits per heavy atom. The lowest BCUT2D eigenvalue weighted by molar-refractivity contribution is -0.150. The van der Waals surface area contributed by atoms with E-state index in [4.69, 9.17) is 15.3 Å². The first-order valence-electron chi connectivity index (χ1n) is 6.82. The SMILES string of the molecule is N=C(OCC(=O)OC(c1ccccc1)c1ccccc1)C(=O)O. The largest absolute Gasteiger partial charge is 0.474 e. The summed E-state index contributed by atoms with van der Waals surface area (Å²) in [4.78, 5) is 22.4. The summed E-state index contributed by atoms with van der Waals surface area (Å²) in [6.07, 6.45) is -0.632. The number of esters is 1. The van der Waals surface area contributed by atoms with Gasteiger partial charge in [-0.15, -0.1) is 0 Å². The molecule has 0 aromatic heterocycles. The van der Waals surface area contributed by atoms with Crippen LogP contribution in [0.3, 0.4) is 0 Å². The van der Waals surface area contributed by atoms with Crippen LogP contribution in [-0.2, 0) is 19.1 Å². The summed E-state index contributed by atoms with van der Waals surface area (Å²) in [6, 6.07) is 18.3. The van der Waals surface area contributed by atoms with Gasteiger partial charge in [0.2, 0.25) is 0 Å². The van der Waals surface area contributed by atoms with Gasteiger partial charge in [0.25, 0.3) is 5.90 Å². The molecule has 0 radical (unpaired) electrons. The molecule has 23 heavy (non-hydrogen) atoms. The maximum absolute atomic E-state index is 11.9. The Balaban J connectivity index is 2.11. The van der Waals surface area contributed by atoms with Gasteiger partial charge in [-0.3, -0.25) is 5.41 Å². The molecule has 6 heteroatoms. The minimum atomic E-state index is -1.54. The third-order valence-corrected chi connectivity index (χ3v) is 2.98. The fourth-order valence-electron chi connectivity index (χ4n) is 1.94. The van der Waals surface area contributed by atoms with Crippen molar-refractivity contribution in [1.29, 1.82) is 5.41 Å². The Morgan fingerprint density at radius 1 is 0.957 bits per heavy atom. The van der Waals surface area contributed by atoms with Gasteiger partial charge < -0.3 is 14.6 Å². The van der Waals surface area contributed by atoms with Gasteiger partial charge >= 0.3 is 11.9 Å². The van der Waals surface area contributed by atoms with E-state index in [0.717, 1.165) is 11.1 Å². The number of rotatable bonds is 5. The van der Waals surface area contributed by atoms with Crippen molar-refractivity contribution in [3.63, 3.8) is 0 Å². The number of ether oxygens (including phenoxy) is 2. The first-order valence-corrected chi connectivity index (χ1v) is 6.82. The lowest BCUT2D eigenvalue weighted by Gasteiger charge is -2.18. The topological polar surface area (TPSA) is 96.7 Å². The van der Waals surface area contributed by atoms with Gasteiger partial charge in [0.1, 0.15) is 0 Å². The number of carbonyl (C=O) groups excluding carboxylic acids is 1. The third kappa shape index (κ3) is 4.67. The van der Waals surface area contributed by atoms with Crippen molar-refractivity contribution in [2.75, 3.05) is 6.61 Å². The number of nitrogens with one attached hydrogen (secondary N) is 1. The smallest absolute Gasteiger partial charge is 0.391 e. The summed E-state index contributed by atoms with van der Waals surface area (Å²) in [5.74, 6) is -3.30. The molecule has 0 saturated heterocycles. The number of aliphatic carboxylic acids is 1. The van der Waals surface area contributed by atoms with Crippen molar-refractivity contribution in [3.05, 3.63) is 71.8 Å². The monoisotopic (exact) mass is 313 g/mol. The van der Waals surface area contributed by atoms with Gasteiger partial charge in [-0.1, -0.05) is 60.7 Å². The lowest BCUT2D eigenvalue weighted by atomic mass is 10.0. The molecule has 0 fully saturated rings. The van der Waals surface area contributed by atoms with Gasteiger partial charge in [-0.2, -0.15) is 0 Å². The molecular weight excluding hydrogens is 298 g/mol. The van der Waals surface area contributed by atoms with Crippen molar-refractivity contribution in [1.82, 2.24) is 0 Å². The second kappa shape index (κ2) is 7.74. The van der Waals surface area contributed by atoms with Crippen molar-refractivity contribution in [2.45, 2.75) is 6.10 Å². The van der Waals surface area contributed by atoms with Crippen molar-refractivity contribution < 1.29 is 24.2 Å². The zero-order chi connectivity index (χ0) is 16.7. The maximum Gasteiger partial charge on any atom is 0.391 e. The molecule has 118 valence electrons. The van der Waals surface area contributed by atoms with E-state index in [9.17, 15) is 9.59 Å². The average Bonchev–Trinajstić information content (AvgIpc) is 2.59. The molecule has 2 N–H and O–H groups in total. The number of carbonyl (C=O) groups is 2. The molecule has 0 aliphatic heterocycles. The zero-order valence-electron chi connectivity index (χ0n) is 12.1. The van der Waals surface area contributed by atoms with Crippen LogP contribution in [0.15, 0.2) is 60.7 Å². The van der Waals surface area contributed by atoms with Crippen LogP contribution >= 0.6 is 0 Å². The Morgan fingerprint density at radius 2 is 1.43 bits per heavy atom. The summed E-state index contributed by atoms with van der Waals surface area (Å²) < 4.78 is 9.95. The minimum Gasteiger partial charge on any atom is -0.474 e. The lowest BCUT2D eigenvalue weighted by Crippen LogP contribution is -2.23. The molecule has 0 spiro atoms. The average molecular weight is 313 g/mol. The summed E-state index contributed by atoms with van der Waals surface area (Å²) in [6.45, 7) is -0.638. The Bertz CT molecular complexity index is 645. The molecule has 0 aliphatic carbocycles. The Kier molecular flexibility index (Phi) is 5.46. The van der Waals surface area contributed by atoms with Gasteiger partial charge in [-0.25, -0.2) is 9.59 Å². The van der Waals surface area contributed by atoms with Crippen molar-refractivity contribution >= 4 is 17.8 Å². The molecule has 0 heterocycles. The van der Waals surface area contributed by atoms with E-state index in [2.05, 4.69) is 4.74 Å². The van der Waals surface area contributed by atoms with E-state index in [1.54, 1.807) is 0 Å². The van der Waals surface area contributed by atoms with Crippen LogP contribution in [0.2, 0.25) is 0 Å². The van der Waals surface area contributed by atoms with E-state index in [0.29, 0.717) is 0 Å². The first kappa shape index (κ1) is 16.2. The highest BCUT2D eigenvalue weighted by atomic mass is 16.6. The Labute approximate surface area is 132 Å². The maximum atomic E-state index is 11.9. The quantitative estimate of drug-likeness (QED) is 0.502. The zero-order valence-corrected chi connectivity index (χ0v) is 12.1. The molecular formula is C17H15NO5. The second-order valence-electron chi connectivity index (χ2n) is 4.61. The molecule has 0 amide bonds. The van der Waals surface area contributed by atoms with Gasteiger partial charge in [0.05, 0.1) is 0 Å². The number of hydrogen-bond donors (Lipinski definition) is 2. The molecule has 0 aliphatic rings. The minimum absolute atomic E-state index is 0.632. The van der Waals surface area contributed by atoms with Crippen LogP contribution in [0.1, 0.15) is 17.2 Å². The highest BCUT2D eigenvalue weighted by molar-refractivity contribution is 6.30. The van der Waals surface area contributed by atoms with E-state index >= 15 is 0 Å². The standard InChI is InChI=1S/C17H15NO5/c18-16(17(20)21)22-11-14(19)23-15(12-7-3-1-4-8-12)13-9-5-2-6-10-13/h1-10,15,18H,11H2,(H,20,21). The number of carboxylic acids is 1. The Hall–Kier alpha value is -3.15. The predicted molar refractivity (Wildman–Crippen MR) is 82.1 cm³/mol. The van der Waals surface area contributed by atoms with E-state index in [1.165, 1.54) is 0 Å². The molecule has 0 unspecified atom stereocenters. The van der Waals surface area contributed by atoms with Crippen LogP contribution in [0.4, 0.5) is 0 Å². The molecule has 0 atom stereocenters. The summed E-state index contributed by atoms with van der Waals surface area (Å²) in [7, 11) is 0. The van der Waals surface area contributed by atoms with Crippen LogP contribution < -0.4 is 0 Å². The van der Waals surface area contributed by atoms with E-state index < -0.39 is 30.5 Å². The van der Waals surface area contributed by atoms with Crippen molar-refractivity contribution in [3.8, 4) is 0 Å². The molecule has 2 aromatic rings. The highest BCUT2D eigenvalue weighted by Crippen LogP contribution is 2.25. The second-order valence-corrected chi connectivity index (χ2v) is 4.61. The molecule has 0 saturated carbocycles. The number of carboxylic acid groups (broad SMARTS) is 1.